The summed E-state index contributed by atoms with van der Waals surface area (Å²) < 4.78 is 24.4. The second-order valence-corrected chi connectivity index (χ2v) is 5.67. The number of ether oxygens (including phenoxy) is 2. The Bertz CT molecular complexity index is 842. The predicted octanol–water partition coefficient (Wildman–Crippen LogP) is 2.35. The van der Waals surface area contributed by atoms with Gasteiger partial charge in [0, 0.05) is 31.4 Å². The van der Waals surface area contributed by atoms with Crippen molar-refractivity contribution >= 4 is 17.4 Å². The molecule has 1 aromatic heterocycles. The number of hydrogen-bond acceptors (Lipinski definition) is 7. The zero-order valence-electron chi connectivity index (χ0n) is 14.1. The molecule has 1 aromatic carbocycles. The molecule has 27 heavy (non-hydrogen) atoms. The van der Waals surface area contributed by atoms with Crippen LogP contribution in [0.3, 0.4) is 0 Å². The van der Waals surface area contributed by atoms with Gasteiger partial charge in [0.15, 0.2) is 11.6 Å². The van der Waals surface area contributed by atoms with E-state index in [-0.39, 0.29) is 35.5 Å². The molecule has 2 aromatic rings. The van der Waals surface area contributed by atoms with Crippen LogP contribution >= 0.6 is 0 Å². The molecule has 10 heteroatoms. The molecule has 1 aliphatic rings. The van der Waals surface area contributed by atoms with E-state index in [4.69, 9.17) is 9.47 Å². The SMILES string of the molecule is O=C(CN1C[CH]OCC1)Nc1cc(Oc2ccc([N+](=O)[O-])cc2F)ccn1. The monoisotopic (exact) mass is 375 g/mol. The average molecular weight is 375 g/mol. The summed E-state index contributed by atoms with van der Waals surface area (Å²) in [5.74, 6) is -0.815. The third-order valence-corrected chi connectivity index (χ3v) is 3.70. The summed E-state index contributed by atoms with van der Waals surface area (Å²) in [5, 5.41) is 13.3. The number of rotatable bonds is 6. The Labute approximate surface area is 153 Å². The van der Waals surface area contributed by atoms with Crippen LogP contribution in [0.2, 0.25) is 0 Å². The number of carbonyl (C=O) groups is 1. The van der Waals surface area contributed by atoms with Crippen LogP contribution < -0.4 is 10.1 Å². The van der Waals surface area contributed by atoms with E-state index in [9.17, 15) is 19.3 Å². The molecule has 1 amide bonds. The van der Waals surface area contributed by atoms with Crippen molar-refractivity contribution < 1.29 is 23.6 Å². The highest BCUT2D eigenvalue weighted by Gasteiger charge is 2.16. The van der Waals surface area contributed by atoms with Crippen LogP contribution in [-0.2, 0) is 9.53 Å². The molecular weight excluding hydrogens is 359 g/mol. The van der Waals surface area contributed by atoms with E-state index < -0.39 is 10.7 Å². The number of nitrogens with one attached hydrogen (secondary N) is 1. The van der Waals surface area contributed by atoms with Gasteiger partial charge >= 0.3 is 0 Å². The molecular formula is C17H16FN4O5. The normalized spacial score (nSPS) is 14.6. The van der Waals surface area contributed by atoms with Crippen LogP contribution in [0, 0.1) is 22.5 Å². The largest absolute Gasteiger partial charge is 0.454 e. The van der Waals surface area contributed by atoms with Crippen molar-refractivity contribution in [2.24, 2.45) is 0 Å². The van der Waals surface area contributed by atoms with Gasteiger partial charge in [0.2, 0.25) is 5.91 Å². The summed E-state index contributed by atoms with van der Waals surface area (Å²) in [6.07, 6.45) is 1.40. The van der Waals surface area contributed by atoms with Crippen molar-refractivity contribution in [3.05, 3.63) is 59.1 Å². The van der Waals surface area contributed by atoms with E-state index in [2.05, 4.69) is 10.3 Å². The van der Waals surface area contributed by atoms with E-state index in [1.54, 1.807) is 6.61 Å². The van der Waals surface area contributed by atoms with E-state index in [1.165, 1.54) is 24.4 Å². The Morgan fingerprint density at radius 1 is 1.41 bits per heavy atom. The first-order chi connectivity index (χ1) is 13.0. The van der Waals surface area contributed by atoms with Gasteiger partial charge in [0.25, 0.3) is 5.69 Å². The number of pyridine rings is 1. The molecule has 2 heterocycles. The zero-order chi connectivity index (χ0) is 19.2. The number of carbonyl (C=O) groups excluding carboxylic acids is 1. The molecule has 1 radical (unpaired) electrons. The van der Waals surface area contributed by atoms with Crippen LogP contribution in [0.15, 0.2) is 36.5 Å². The first kappa shape index (κ1) is 18.7. The van der Waals surface area contributed by atoms with Crippen LogP contribution in [0.5, 0.6) is 11.5 Å². The number of anilines is 1. The molecule has 0 unspecified atom stereocenters. The van der Waals surface area contributed by atoms with Gasteiger partial charge in [-0.15, -0.1) is 0 Å². The Morgan fingerprint density at radius 3 is 2.96 bits per heavy atom. The van der Waals surface area contributed by atoms with Gasteiger partial charge in [-0.05, 0) is 12.1 Å². The molecule has 0 saturated carbocycles. The van der Waals surface area contributed by atoms with Gasteiger partial charge in [-0.1, -0.05) is 0 Å². The first-order valence-corrected chi connectivity index (χ1v) is 8.04. The standard InChI is InChI=1S/C17H16FN4O5/c18-14-9-12(22(24)25)1-2-15(14)27-13-3-4-19-16(10-13)20-17(23)11-21-5-7-26-8-6-21/h1-4,7,9-10H,5-6,8,11H2,(H,19,20,23). The quantitative estimate of drug-likeness (QED) is 0.610. The van der Waals surface area contributed by atoms with E-state index in [0.29, 0.717) is 19.7 Å². The van der Waals surface area contributed by atoms with Crippen LogP contribution in [-0.4, -0.2) is 47.0 Å². The maximum absolute atomic E-state index is 13.9. The number of nitro benzene ring substituents is 1. The van der Waals surface area contributed by atoms with Crippen molar-refractivity contribution in [2.45, 2.75) is 0 Å². The average Bonchev–Trinajstić information content (AvgIpc) is 2.64. The molecule has 0 spiro atoms. The van der Waals surface area contributed by atoms with Crippen molar-refractivity contribution in [1.82, 2.24) is 9.88 Å². The number of aromatic nitrogens is 1. The molecule has 1 fully saturated rings. The van der Waals surface area contributed by atoms with E-state index in [0.717, 1.165) is 12.1 Å². The molecule has 1 saturated heterocycles. The summed E-state index contributed by atoms with van der Waals surface area (Å²) in [7, 11) is 0. The second-order valence-electron chi connectivity index (χ2n) is 5.67. The summed E-state index contributed by atoms with van der Waals surface area (Å²) in [5.41, 5.74) is -0.372. The number of morpholine rings is 1. The van der Waals surface area contributed by atoms with E-state index >= 15 is 0 Å². The fourth-order valence-corrected chi connectivity index (χ4v) is 2.40. The van der Waals surface area contributed by atoms with Crippen molar-refractivity contribution in [2.75, 3.05) is 31.6 Å². The number of amides is 1. The lowest BCUT2D eigenvalue weighted by Crippen LogP contribution is -2.39. The number of non-ortho nitro benzene ring substituents is 1. The minimum atomic E-state index is -0.866. The van der Waals surface area contributed by atoms with Gasteiger partial charge in [0.1, 0.15) is 11.6 Å². The van der Waals surface area contributed by atoms with Gasteiger partial charge < -0.3 is 14.8 Å². The van der Waals surface area contributed by atoms with Crippen LogP contribution in [0.25, 0.3) is 0 Å². The highest BCUT2D eigenvalue weighted by Crippen LogP contribution is 2.28. The van der Waals surface area contributed by atoms with Crippen molar-refractivity contribution in [3.8, 4) is 11.5 Å². The van der Waals surface area contributed by atoms with Gasteiger partial charge in [-0.25, -0.2) is 9.37 Å². The summed E-state index contributed by atoms with van der Waals surface area (Å²) in [6.45, 7) is 3.57. The van der Waals surface area contributed by atoms with Crippen LogP contribution in [0.1, 0.15) is 0 Å². The predicted molar refractivity (Wildman–Crippen MR) is 92.7 cm³/mol. The molecule has 1 aliphatic heterocycles. The maximum atomic E-state index is 13.9. The molecule has 0 bridgehead atoms. The third kappa shape index (κ3) is 5.19. The number of hydrogen-bond donors (Lipinski definition) is 1. The van der Waals surface area contributed by atoms with Gasteiger partial charge in [0.05, 0.1) is 30.7 Å². The highest BCUT2D eigenvalue weighted by atomic mass is 19.1. The second kappa shape index (κ2) is 8.52. The summed E-state index contributed by atoms with van der Waals surface area (Å²) >= 11 is 0. The highest BCUT2D eigenvalue weighted by molar-refractivity contribution is 5.91. The number of nitro groups is 1. The smallest absolute Gasteiger partial charge is 0.272 e. The number of halogens is 1. The van der Waals surface area contributed by atoms with Crippen LogP contribution in [0.4, 0.5) is 15.9 Å². The molecule has 141 valence electrons. The lowest BCUT2D eigenvalue weighted by molar-refractivity contribution is -0.385. The molecule has 9 nitrogen and oxygen atoms in total. The topological polar surface area (TPSA) is 107 Å². The fraction of sp³-hybridized carbons (Fsp3) is 0.235. The fourth-order valence-electron chi connectivity index (χ4n) is 2.40. The molecule has 0 aliphatic carbocycles. The molecule has 0 atom stereocenters. The zero-order valence-corrected chi connectivity index (χ0v) is 14.1. The summed E-state index contributed by atoms with van der Waals surface area (Å²) in [6, 6.07) is 6.00. The maximum Gasteiger partial charge on any atom is 0.272 e. The lowest BCUT2D eigenvalue weighted by Gasteiger charge is -2.25. The molecule has 1 N–H and O–H groups in total. The van der Waals surface area contributed by atoms with Crippen molar-refractivity contribution in [1.29, 1.82) is 0 Å². The Kier molecular flexibility index (Phi) is 5.89. The number of benzene rings is 1. The van der Waals surface area contributed by atoms with Gasteiger partial charge in [-0.3, -0.25) is 19.8 Å². The van der Waals surface area contributed by atoms with Crippen molar-refractivity contribution in [3.63, 3.8) is 0 Å². The van der Waals surface area contributed by atoms with Gasteiger partial charge in [-0.2, -0.15) is 0 Å². The lowest BCUT2D eigenvalue weighted by atomic mass is 10.3. The minimum Gasteiger partial charge on any atom is -0.454 e. The minimum absolute atomic E-state index is 0.173. The Balaban J connectivity index is 1.63. The van der Waals surface area contributed by atoms with E-state index in [1.807, 2.05) is 4.90 Å². The number of nitrogens with zero attached hydrogens (tertiary/aromatic N) is 3. The molecule has 3 rings (SSSR count). The Hall–Kier alpha value is -3.11. The first-order valence-electron chi connectivity index (χ1n) is 8.04. The summed E-state index contributed by atoms with van der Waals surface area (Å²) in [4.78, 5) is 28.0. The Morgan fingerprint density at radius 2 is 2.26 bits per heavy atom. The third-order valence-electron chi connectivity index (χ3n) is 3.70.